The van der Waals surface area contributed by atoms with Crippen molar-refractivity contribution in [2.24, 2.45) is 5.41 Å². The molecule has 3 aliphatic rings. The number of halogens is 3. The molecular weight excluding hydrogens is 543 g/mol. The van der Waals surface area contributed by atoms with Gasteiger partial charge >= 0.3 is 6.18 Å². The monoisotopic (exact) mass is 577 g/mol. The van der Waals surface area contributed by atoms with Crippen molar-refractivity contribution in [3.63, 3.8) is 0 Å². The van der Waals surface area contributed by atoms with Gasteiger partial charge in [-0.15, -0.1) is 0 Å². The van der Waals surface area contributed by atoms with Crippen LogP contribution in [0.15, 0.2) is 31.0 Å². The van der Waals surface area contributed by atoms with Crippen LogP contribution >= 0.6 is 0 Å². The number of likely N-dealkylation sites (tertiary alicyclic amines) is 1. The van der Waals surface area contributed by atoms with Crippen LogP contribution in [0.25, 0.3) is 39.0 Å². The van der Waals surface area contributed by atoms with Crippen LogP contribution in [0.3, 0.4) is 0 Å². The third-order valence-electron chi connectivity index (χ3n) is 9.09. The molecule has 0 saturated carbocycles. The second kappa shape index (κ2) is 9.95. The average molecular weight is 578 g/mol. The van der Waals surface area contributed by atoms with Crippen LogP contribution in [-0.4, -0.2) is 84.2 Å². The molecular formula is C31H34F3N7O. The number of alkyl halides is 3. The number of hydrogen-bond donors (Lipinski definition) is 2. The van der Waals surface area contributed by atoms with Gasteiger partial charge in [0, 0.05) is 53.8 Å². The molecule has 2 aromatic carbocycles. The predicted octanol–water partition coefficient (Wildman–Crippen LogP) is 5.28. The summed E-state index contributed by atoms with van der Waals surface area (Å²) in [4.78, 5) is 14.7. The third-order valence-corrected chi connectivity index (χ3v) is 9.09. The second-order valence-corrected chi connectivity index (χ2v) is 12.2. The van der Waals surface area contributed by atoms with E-state index in [0.717, 1.165) is 80.0 Å². The van der Waals surface area contributed by atoms with E-state index >= 15 is 0 Å². The van der Waals surface area contributed by atoms with Crippen molar-refractivity contribution in [1.29, 1.82) is 0 Å². The Hall–Kier alpha value is -3.70. The van der Waals surface area contributed by atoms with Crippen LogP contribution in [-0.2, 0) is 0 Å². The van der Waals surface area contributed by atoms with E-state index in [4.69, 9.17) is 14.7 Å². The topological polar surface area (TPSA) is 82.2 Å². The Morgan fingerprint density at radius 2 is 1.88 bits per heavy atom. The van der Waals surface area contributed by atoms with Crippen LogP contribution in [0, 0.1) is 12.3 Å². The molecule has 0 unspecified atom stereocenters. The summed E-state index contributed by atoms with van der Waals surface area (Å²) in [5.74, 6) is 1.65. The van der Waals surface area contributed by atoms with Gasteiger partial charge in [0.1, 0.15) is 17.2 Å². The third kappa shape index (κ3) is 4.59. The van der Waals surface area contributed by atoms with Gasteiger partial charge in [0.15, 0.2) is 12.4 Å². The summed E-state index contributed by atoms with van der Waals surface area (Å²) in [5.41, 5.74) is 4.25. The second-order valence-electron chi connectivity index (χ2n) is 12.2. The Kier molecular flexibility index (Phi) is 6.43. The van der Waals surface area contributed by atoms with E-state index < -0.39 is 12.8 Å². The van der Waals surface area contributed by atoms with Crippen LogP contribution in [0.1, 0.15) is 35.7 Å². The number of H-pyrrole nitrogens is 1. The predicted molar refractivity (Wildman–Crippen MR) is 158 cm³/mol. The van der Waals surface area contributed by atoms with Gasteiger partial charge in [0.2, 0.25) is 0 Å². The minimum Gasteiger partial charge on any atom is -0.481 e. The fraction of sp³-hybridized carbons (Fsp3) is 0.452. The molecule has 5 heterocycles. The molecule has 0 radical (unpaired) electrons. The highest BCUT2D eigenvalue weighted by Crippen LogP contribution is 2.48. The molecule has 11 heteroatoms. The smallest absolute Gasteiger partial charge is 0.422 e. The van der Waals surface area contributed by atoms with Crippen molar-refractivity contribution >= 4 is 33.7 Å². The van der Waals surface area contributed by atoms with Gasteiger partial charge in [0.25, 0.3) is 0 Å². The molecule has 8 nitrogen and oxygen atoms in total. The van der Waals surface area contributed by atoms with Crippen molar-refractivity contribution in [2.75, 3.05) is 57.8 Å². The van der Waals surface area contributed by atoms with E-state index in [1.54, 1.807) is 12.3 Å². The number of nitrogens with one attached hydrogen (secondary N) is 2. The quantitative estimate of drug-likeness (QED) is 0.323. The lowest BCUT2D eigenvalue weighted by atomic mass is 9.74. The summed E-state index contributed by atoms with van der Waals surface area (Å²) >= 11 is 0. The number of fused-ring (bicyclic) bond motifs is 2. The summed E-state index contributed by atoms with van der Waals surface area (Å²) in [6.45, 7) is 10.0. The Morgan fingerprint density at radius 1 is 1.12 bits per heavy atom. The zero-order chi connectivity index (χ0) is 29.2. The first kappa shape index (κ1) is 27.2. The SMILES string of the molecule is C=Cc1cc2c(N3CC4(CNC4)C3)nc(C3CCN(C)CC3)nc2c(OCC(F)(F)F)c1-c1c(C)ccc2[nH]ncc12. The molecule has 1 spiro atoms. The summed E-state index contributed by atoms with van der Waals surface area (Å²) < 4.78 is 47.0. The maximum absolute atomic E-state index is 13.7. The van der Waals surface area contributed by atoms with Crippen molar-refractivity contribution in [1.82, 2.24) is 30.4 Å². The van der Waals surface area contributed by atoms with Crippen molar-refractivity contribution < 1.29 is 17.9 Å². The van der Waals surface area contributed by atoms with E-state index in [9.17, 15) is 13.2 Å². The molecule has 0 atom stereocenters. The van der Waals surface area contributed by atoms with Crippen LogP contribution in [0.2, 0.25) is 0 Å². The molecule has 220 valence electrons. The van der Waals surface area contributed by atoms with Crippen molar-refractivity contribution in [3.05, 3.63) is 47.9 Å². The normalized spacial score (nSPS) is 19.3. The standard InChI is InChI=1S/C31H34F3N7O/c1-4-19-11-21-26(27(42-17-31(32,33)34)25(19)24-18(2)5-6-23-22(24)12-36-39-23)37-28(20-7-9-40(3)10-8-20)38-29(21)41-15-30(16-41)13-35-14-30/h4-6,11-12,20,35H,1,7-10,13-17H2,2-3H3,(H,36,39). The zero-order valence-corrected chi connectivity index (χ0v) is 23.8. The maximum atomic E-state index is 13.7. The highest BCUT2D eigenvalue weighted by atomic mass is 19.4. The first-order chi connectivity index (χ1) is 20.1. The number of aryl methyl sites for hydroxylation is 1. The van der Waals surface area contributed by atoms with Gasteiger partial charge < -0.3 is 19.9 Å². The number of aromatic nitrogens is 4. The Labute approximate surface area is 242 Å². The van der Waals surface area contributed by atoms with Gasteiger partial charge in [-0.05, 0) is 68.7 Å². The molecule has 7 rings (SSSR count). The van der Waals surface area contributed by atoms with Gasteiger partial charge in [0.05, 0.1) is 11.7 Å². The number of nitrogens with zero attached hydrogens (tertiary/aromatic N) is 5. The lowest BCUT2D eigenvalue weighted by Gasteiger charge is -2.56. The highest BCUT2D eigenvalue weighted by Gasteiger charge is 2.48. The van der Waals surface area contributed by atoms with Gasteiger partial charge in [-0.1, -0.05) is 18.7 Å². The summed E-state index contributed by atoms with van der Waals surface area (Å²) in [6, 6.07) is 5.82. The number of ether oxygens (including phenoxy) is 1. The summed E-state index contributed by atoms with van der Waals surface area (Å²) in [6.07, 6.45) is 0.621. The number of hydrogen-bond acceptors (Lipinski definition) is 7. The first-order valence-corrected chi connectivity index (χ1v) is 14.4. The Bertz CT molecular complexity index is 1680. The van der Waals surface area contributed by atoms with Crippen LogP contribution < -0.4 is 15.0 Å². The molecule has 0 amide bonds. The molecule has 4 aromatic rings. The fourth-order valence-electron chi connectivity index (χ4n) is 6.74. The van der Waals surface area contributed by atoms with Crippen molar-refractivity contribution in [3.8, 4) is 16.9 Å². The highest BCUT2D eigenvalue weighted by molar-refractivity contribution is 6.07. The Balaban J connectivity index is 1.50. The van der Waals surface area contributed by atoms with Crippen LogP contribution in [0.5, 0.6) is 5.75 Å². The minimum atomic E-state index is -4.53. The summed E-state index contributed by atoms with van der Waals surface area (Å²) in [5, 5.41) is 12.0. The average Bonchev–Trinajstić information content (AvgIpc) is 3.38. The lowest BCUT2D eigenvalue weighted by Crippen LogP contribution is -2.71. The molecule has 3 saturated heterocycles. The molecule has 0 bridgehead atoms. The zero-order valence-electron chi connectivity index (χ0n) is 23.8. The van der Waals surface area contributed by atoms with Gasteiger partial charge in [-0.2, -0.15) is 18.3 Å². The molecule has 0 aliphatic carbocycles. The molecule has 42 heavy (non-hydrogen) atoms. The van der Waals surface area contributed by atoms with Gasteiger partial charge in [-0.25, -0.2) is 9.97 Å². The van der Waals surface area contributed by atoms with E-state index in [1.807, 2.05) is 25.1 Å². The number of benzene rings is 2. The van der Waals surface area contributed by atoms with E-state index in [2.05, 4.69) is 38.9 Å². The largest absolute Gasteiger partial charge is 0.481 e. The minimum absolute atomic E-state index is 0.106. The first-order valence-electron chi connectivity index (χ1n) is 14.4. The molecule has 3 aliphatic heterocycles. The number of piperidine rings is 1. The molecule has 2 N–H and O–H groups in total. The summed E-state index contributed by atoms with van der Waals surface area (Å²) in [7, 11) is 2.10. The number of aromatic amines is 1. The van der Waals surface area contributed by atoms with E-state index in [-0.39, 0.29) is 17.1 Å². The fourth-order valence-corrected chi connectivity index (χ4v) is 6.74. The molecule has 3 fully saturated rings. The van der Waals surface area contributed by atoms with Crippen molar-refractivity contribution in [2.45, 2.75) is 31.9 Å². The van der Waals surface area contributed by atoms with E-state index in [1.165, 1.54) is 0 Å². The van der Waals surface area contributed by atoms with Gasteiger partial charge in [-0.3, -0.25) is 5.10 Å². The molecule has 2 aromatic heterocycles. The van der Waals surface area contributed by atoms with E-state index in [0.29, 0.717) is 27.9 Å². The Morgan fingerprint density at radius 3 is 2.55 bits per heavy atom. The lowest BCUT2D eigenvalue weighted by molar-refractivity contribution is -0.153. The number of rotatable bonds is 6. The number of anilines is 1. The van der Waals surface area contributed by atoms with Crippen LogP contribution in [0.4, 0.5) is 19.0 Å². The maximum Gasteiger partial charge on any atom is 0.422 e.